The zero-order valence-electron chi connectivity index (χ0n) is 22.9. The third kappa shape index (κ3) is 6.50. The third-order valence-corrected chi connectivity index (χ3v) is 7.62. The quantitative estimate of drug-likeness (QED) is 0.522. The van der Waals surface area contributed by atoms with Gasteiger partial charge >= 0.3 is 0 Å². The first kappa shape index (κ1) is 28.6. The van der Waals surface area contributed by atoms with Gasteiger partial charge in [0.2, 0.25) is 23.6 Å². The number of nitrogens with zero attached hydrogens (tertiary/aromatic N) is 3. The van der Waals surface area contributed by atoms with Gasteiger partial charge in [0, 0.05) is 26.7 Å². The Kier molecular flexibility index (Phi) is 9.70. The largest absolute Gasteiger partial charge is 0.350 e. The normalized spacial score (nSPS) is 21.3. The Balaban J connectivity index is 1.71. The number of benzene rings is 1. The number of nitrogens with two attached hydrogens (primary N) is 1. The first-order chi connectivity index (χ1) is 17.5. The van der Waals surface area contributed by atoms with Gasteiger partial charge in [-0.05, 0) is 43.1 Å². The van der Waals surface area contributed by atoms with Gasteiger partial charge in [0.1, 0.15) is 18.1 Å². The van der Waals surface area contributed by atoms with E-state index in [2.05, 4.69) is 5.32 Å². The van der Waals surface area contributed by atoms with Gasteiger partial charge < -0.3 is 25.8 Å². The minimum absolute atomic E-state index is 0.0564. The average molecular weight is 514 g/mol. The number of amides is 4. The molecule has 4 amide bonds. The van der Waals surface area contributed by atoms with Crippen molar-refractivity contribution in [3.05, 3.63) is 35.9 Å². The first-order valence-electron chi connectivity index (χ1n) is 13.5. The highest BCUT2D eigenvalue weighted by molar-refractivity contribution is 5.95. The van der Waals surface area contributed by atoms with Crippen molar-refractivity contribution in [3.63, 3.8) is 0 Å². The van der Waals surface area contributed by atoms with Crippen molar-refractivity contribution in [2.45, 2.75) is 84.1 Å². The number of rotatable bonds is 9. The number of likely N-dealkylation sites (tertiary alicyclic amines) is 2. The van der Waals surface area contributed by atoms with E-state index in [4.69, 9.17) is 5.73 Å². The summed E-state index contributed by atoms with van der Waals surface area (Å²) in [6.45, 7) is 8.90. The summed E-state index contributed by atoms with van der Waals surface area (Å²) in [4.78, 5) is 58.2. The molecule has 2 aliphatic heterocycles. The second-order valence-corrected chi connectivity index (χ2v) is 11.0. The van der Waals surface area contributed by atoms with Gasteiger partial charge in [-0.15, -0.1) is 0 Å². The van der Waals surface area contributed by atoms with Crippen molar-refractivity contribution in [2.24, 2.45) is 17.6 Å². The Morgan fingerprint density at radius 1 is 0.946 bits per heavy atom. The van der Waals surface area contributed by atoms with E-state index in [1.54, 1.807) is 16.8 Å². The maximum atomic E-state index is 13.8. The lowest BCUT2D eigenvalue weighted by atomic mass is 9.97. The molecule has 1 aromatic carbocycles. The highest BCUT2D eigenvalue weighted by Gasteiger charge is 2.45. The van der Waals surface area contributed by atoms with Crippen LogP contribution >= 0.6 is 0 Å². The zero-order valence-corrected chi connectivity index (χ0v) is 22.9. The van der Waals surface area contributed by atoms with E-state index >= 15 is 0 Å². The topological polar surface area (TPSA) is 116 Å². The Bertz CT molecular complexity index is 967. The van der Waals surface area contributed by atoms with Crippen molar-refractivity contribution in [1.82, 2.24) is 20.0 Å². The van der Waals surface area contributed by atoms with E-state index in [-0.39, 0.29) is 35.5 Å². The van der Waals surface area contributed by atoms with E-state index in [0.29, 0.717) is 38.9 Å². The SMILES string of the molecule is CC(C)[C@H](N)C(=O)N(C)[C@H](C(=O)N1CCC[C@H]1C(=O)N1CCC[C@H]1C(=O)NCc1ccccc1)C(C)C. The summed E-state index contributed by atoms with van der Waals surface area (Å²) in [5, 5.41) is 2.96. The average Bonchev–Trinajstić information content (AvgIpc) is 3.56. The molecule has 3 rings (SSSR count). The molecule has 0 unspecified atom stereocenters. The molecule has 204 valence electrons. The van der Waals surface area contributed by atoms with Crippen LogP contribution in [0.25, 0.3) is 0 Å². The van der Waals surface area contributed by atoms with Gasteiger partial charge in [-0.2, -0.15) is 0 Å². The molecule has 2 saturated heterocycles. The lowest BCUT2D eigenvalue weighted by Gasteiger charge is -2.37. The van der Waals surface area contributed by atoms with Crippen LogP contribution in [-0.2, 0) is 25.7 Å². The summed E-state index contributed by atoms with van der Waals surface area (Å²) in [5.41, 5.74) is 7.10. The number of hydrogen-bond acceptors (Lipinski definition) is 5. The molecule has 2 fully saturated rings. The van der Waals surface area contributed by atoms with E-state index in [0.717, 1.165) is 12.0 Å². The van der Waals surface area contributed by atoms with E-state index in [1.165, 1.54) is 4.90 Å². The second kappa shape index (κ2) is 12.5. The van der Waals surface area contributed by atoms with Gasteiger partial charge in [0.05, 0.1) is 6.04 Å². The molecular weight excluding hydrogens is 470 g/mol. The van der Waals surface area contributed by atoms with Crippen LogP contribution in [-0.4, -0.2) is 82.6 Å². The van der Waals surface area contributed by atoms with Crippen molar-refractivity contribution >= 4 is 23.6 Å². The molecule has 2 heterocycles. The molecule has 0 saturated carbocycles. The molecule has 1 aromatic rings. The predicted molar refractivity (Wildman–Crippen MR) is 142 cm³/mol. The lowest BCUT2D eigenvalue weighted by Crippen LogP contribution is -2.59. The van der Waals surface area contributed by atoms with Gasteiger partial charge in [0.25, 0.3) is 0 Å². The molecule has 0 aromatic heterocycles. The molecule has 0 bridgehead atoms. The minimum atomic E-state index is -0.714. The molecule has 3 N–H and O–H groups in total. The van der Waals surface area contributed by atoms with Crippen molar-refractivity contribution in [1.29, 1.82) is 0 Å². The molecule has 4 atom stereocenters. The summed E-state index contributed by atoms with van der Waals surface area (Å²) in [6.07, 6.45) is 2.60. The number of nitrogens with one attached hydrogen (secondary N) is 1. The number of carbonyl (C=O) groups excluding carboxylic acids is 4. The third-order valence-electron chi connectivity index (χ3n) is 7.62. The fourth-order valence-electron chi connectivity index (χ4n) is 5.41. The summed E-state index contributed by atoms with van der Waals surface area (Å²) in [6, 6.07) is 7.08. The van der Waals surface area contributed by atoms with Crippen molar-refractivity contribution < 1.29 is 19.2 Å². The fraction of sp³-hybridized carbons (Fsp3) is 0.643. The maximum Gasteiger partial charge on any atom is 0.246 e. The Morgan fingerprint density at radius 3 is 2.14 bits per heavy atom. The molecule has 9 heteroatoms. The predicted octanol–water partition coefficient (Wildman–Crippen LogP) is 1.75. The standard InChI is InChI=1S/C28H43N5O4/c1-18(2)23(29)27(36)31(5)24(19(3)4)28(37)33-16-10-14-22(33)26(35)32-15-9-13-21(32)25(34)30-17-20-11-7-6-8-12-20/h6-8,11-12,18-19,21-24H,9-10,13-17,29H2,1-5H3,(H,30,34)/t21-,22-,23-,24-/m0/s1. The maximum absolute atomic E-state index is 13.8. The zero-order chi connectivity index (χ0) is 27.3. The van der Waals surface area contributed by atoms with Gasteiger partial charge in [0.15, 0.2) is 0 Å². The van der Waals surface area contributed by atoms with E-state index < -0.39 is 24.2 Å². The molecule has 0 spiro atoms. The summed E-state index contributed by atoms with van der Waals surface area (Å²) in [7, 11) is 1.62. The number of hydrogen-bond donors (Lipinski definition) is 2. The van der Waals surface area contributed by atoms with Crippen molar-refractivity contribution in [3.8, 4) is 0 Å². The van der Waals surface area contributed by atoms with Crippen LogP contribution < -0.4 is 11.1 Å². The summed E-state index contributed by atoms with van der Waals surface area (Å²) >= 11 is 0. The molecule has 37 heavy (non-hydrogen) atoms. The van der Waals surface area contributed by atoms with Gasteiger partial charge in [-0.3, -0.25) is 19.2 Å². The highest BCUT2D eigenvalue weighted by atomic mass is 16.2. The summed E-state index contributed by atoms with van der Waals surface area (Å²) in [5.74, 6) is -1.07. The Morgan fingerprint density at radius 2 is 1.54 bits per heavy atom. The van der Waals surface area contributed by atoms with Crippen LogP contribution in [0.3, 0.4) is 0 Å². The Labute approximate surface area is 220 Å². The summed E-state index contributed by atoms with van der Waals surface area (Å²) < 4.78 is 0. The molecule has 0 aliphatic carbocycles. The molecule has 9 nitrogen and oxygen atoms in total. The smallest absolute Gasteiger partial charge is 0.246 e. The van der Waals surface area contributed by atoms with Crippen LogP contribution in [0, 0.1) is 11.8 Å². The molecular formula is C28H43N5O4. The fourth-order valence-corrected chi connectivity index (χ4v) is 5.41. The van der Waals surface area contributed by atoms with Crippen LogP contribution in [0.5, 0.6) is 0 Å². The molecule has 0 radical (unpaired) electrons. The van der Waals surface area contributed by atoms with E-state index in [1.807, 2.05) is 58.0 Å². The first-order valence-corrected chi connectivity index (χ1v) is 13.5. The van der Waals surface area contributed by atoms with Crippen LogP contribution in [0.15, 0.2) is 30.3 Å². The van der Waals surface area contributed by atoms with Crippen LogP contribution in [0.1, 0.15) is 58.9 Å². The van der Waals surface area contributed by atoms with E-state index in [9.17, 15) is 19.2 Å². The van der Waals surface area contributed by atoms with Crippen molar-refractivity contribution in [2.75, 3.05) is 20.1 Å². The minimum Gasteiger partial charge on any atom is -0.350 e. The Hall–Kier alpha value is -2.94. The monoisotopic (exact) mass is 513 g/mol. The van der Waals surface area contributed by atoms with Crippen LogP contribution in [0.4, 0.5) is 0 Å². The lowest BCUT2D eigenvalue weighted by molar-refractivity contribution is -0.152. The molecule has 2 aliphatic rings. The number of likely N-dealkylation sites (N-methyl/N-ethyl adjacent to an activating group) is 1. The van der Waals surface area contributed by atoms with Crippen LogP contribution in [0.2, 0.25) is 0 Å². The second-order valence-electron chi connectivity index (χ2n) is 11.0. The number of carbonyl (C=O) groups is 4. The van der Waals surface area contributed by atoms with Gasteiger partial charge in [-0.25, -0.2) is 0 Å². The highest BCUT2D eigenvalue weighted by Crippen LogP contribution is 2.27. The van der Waals surface area contributed by atoms with Gasteiger partial charge in [-0.1, -0.05) is 58.0 Å².